The Morgan fingerprint density at radius 2 is 2.07 bits per heavy atom. The largest absolute Gasteiger partial charge is 0.511 e. The quantitative estimate of drug-likeness (QED) is 0.766. The summed E-state index contributed by atoms with van der Waals surface area (Å²) in [5.41, 5.74) is 7.78. The van der Waals surface area contributed by atoms with Crippen LogP contribution in [0.4, 0.5) is 14.9 Å². The SMILES string of the molecule is COC1CN(c2c(F)cn3c(=O)c(OC(=O)O)cc(C4CC4)c3c2C)CC1N. The van der Waals surface area contributed by atoms with Gasteiger partial charge in [0.2, 0.25) is 0 Å². The van der Waals surface area contributed by atoms with Crippen molar-refractivity contribution >= 4 is 17.4 Å². The van der Waals surface area contributed by atoms with Crippen LogP contribution in [0.2, 0.25) is 0 Å². The number of rotatable bonds is 4. The third-order valence-electron chi connectivity index (χ3n) is 5.55. The van der Waals surface area contributed by atoms with E-state index in [-0.39, 0.29) is 23.8 Å². The van der Waals surface area contributed by atoms with Crippen LogP contribution in [0.25, 0.3) is 5.52 Å². The average molecular weight is 391 g/mol. The predicted molar refractivity (Wildman–Crippen MR) is 100.0 cm³/mol. The van der Waals surface area contributed by atoms with Crippen LogP contribution < -0.4 is 20.9 Å². The van der Waals surface area contributed by atoms with Crippen molar-refractivity contribution in [2.75, 3.05) is 25.1 Å². The number of methoxy groups -OCH3 is 1. The summed E-state index contributed by atoms with van der Waals surface area (Å²) in [5, 5.41) is 8.90. The fraction of sp³-hybridized carbons (Fsp3) is 0.474. The number of halogens is 1. The Hall–Kier alpha value is -2.65. The van der Waals surface area contributed by atoms with Gasteiger partial charge in [-0.1, -0.05) is 0 Å². The highest BCUT2D eigenvalue weighted by Crippen LogP contribution is 2.44. The van der Waals surface area contributed by atoms with Crippen molar-refractivity contribution in [2.45, 2.75) is 37.8 Å². The second kappa shape index (κ2) is 6.75. The summed E-state index contributed by atoms with van der Waals surface area (Å²) in [4.78, 5) is 25.5. The van der Waals surface area contributed by atoms with E-state index in [9.17, 15) is 9.59 Å². The summed E-state index contributed by atoms with van der Waals surface area (Å²) in [6, 6.07) is 1.24. The lowest BCUT2D eigenvalue weighted by atomic mass is 10.0. The third-order valence-corrected chi connectivity index (χ3v) is 5.55. The van der Waals surface area contributed by atoms with Crippen molar-refractivity contribution in [3.05, 3.63) is 39.6 Å². The van der Waals surface area contributed by atoms with Crippen LogP contribution in [0.1, 0.15) is 29.9 Å². The van der Waals surface area contributed by atoms with Gasteiger partial charge < -0.3 is 25.2 Å². The second-order valence-electron chi connectivity index (χ2n) is 7.42. The fourth-order valence-corrected chi connectivity index (χ4v) is 4.11. The zero-order chi connectivity index (χ0) is 20.2. The summed E-state index contributed by atoms with van der Waals surface area (Å²) in [6.45, 7) is 2.66. The number of anilines is 1. The number of hydrogen-bond donors (Lipinski definition) is 2. The lowest BCUT2D eigenvalue weighted by molar-refractivity contribution is 0.108. The van der Waals surface area contributed by atoms with Crippen LogP contribution in [0.5, 0.6) is 5.75 Å². The van der Waals surface area contributed by atoms with Crippen LogP contribution in [0.3, 0.4) is 0 Å². The first-order valence-electron chi connectivity index (χ1n) is 9.14. The van der Waals surface area contributed by atoms with Crippen LogP contribution in [-0.4, -0.2) is 48.0 Å². The summed E-state index contributed by atoms with van der Waals surface area (Å²) >= 11 is 0. The van der Waals surface area contributed by atoms with Gasteiger partial charge in [0.1, 0.15) is 0 Å². The van der Waals surface area contributed by atoms with Gasteiger partial charge in [-0.15, -0.1) is 0 Å². The van der Waals surface area contributed by atoms with Crippen molar-refractivity contribution < 1.29 is 23.8 Å². The standard InChI is InChI=1S/C19H22FN3O5/c1-9-16-11(10-3-4-10)5-14(28-19(25)26)18(24)23(16)6-12(20)17(9)22-7-13(21)15(8-22)27-2/h5-6,10,13,15H,3-4,7-8,21H2,1-2H3,(H,25,26). The lowest BCUT2D eigenvalue weighted by Gasteiger charge is -2.24. The van der Waals surface area contributed by atoms with Gasteiger partial charge in [-0.2, -0.15) is 0 Å². The molecule has 150 valence electrons. The van der Waals surface area contributed by atoms with Crippen LogP contribution in [0.15, 0.2) is 17.1 Å². The zero-order valence-corrected chi connectivity index (χ0v) is 15.6. The van der Waals surface area contributed by atoms with E-state index < -0.39 is 17.5 Å². The van der Waals surface area contributed by atoms with Gasteiger partial charge in [0.25, 0.3) is 5.56 Å². The molecule has 1 saturated heterocycles. The number of aryl methyl sites for hydroxylation is 1. The summed E-state index contributed by atoms with van der Waals surface area (Å²) in [5.74, 6) is -0.706. The minimum absolute atomic E-state index is 0.191. The fourth-order valence-electron chi connectivity index (χ4n) is 4.11. The molecule has 3 heterocycles. The third kappa shape index (κ3) is 3.00. The summed E-state index contributed by atoms with van der Waals surface area (Å²) < 4.78 is 26.2. The molecule has 2 atom stereocenters. The molecule has 0 radical (unpaired) electrons. The van der Waals surface area contributed by atoms with Crippen molar-refractivity contribution in [1.82, 2.24) is 4.40 Å². The highest BCUT2D eigenvalue weighted by molar-refractivity contribution is 5.74. The molecule has 0 bridgehead atoms. The van der Waals surface area contributed by atoms with E-state index >= 15 is 4.39 Å². The maximum Gasteiger partial charge on any atom is 0.511 e. The molecule has 2 fully saturated rings. The molecule has 2 aromatic rings. The molecule has 9 heteroatoms. The Bertz CT molecular complexity index is 1020. The van der Waals surface area contributed by atoms with E-state index in [2.05, 4.69) is 4.74 Å². The van der Waals surface area contributed by atoms with Crippen LogP contribution >= 0.6 is 0 Å². The van der Waals surface area contributed by atoms with Gasteiger partial charge in [0, 0.05) is 20.2 Å². The maximum absolute atomic E-state index is 15.1. The Morgan fingerprint density at radius 1 is 1.36 bits per heavy atom. The van der Waals surface area contributed by atoms with E-state index in [4.69, 9.17) is 15.6 Å². The van der Waals surface area contributed by atoms with Gasteiger partial charge in [-0.05, 0) is 42.9 Å². The predicted octanol–water partition coefficient (Wildman–Crippen LogP) is 1.84. The Balaban J connectivity index is 1.92. The number of pyridine rings is 2. The molecular weight excluding hydrogens is 369 g/mol. The highest BCUT2D eigenvalue weighted by Gasteiger charge is 2.34. The number of aromatic nitrogens is 1. The van der Waals surface area contributed by atoms with Gasteiger partial charge in [-0.25, -0.2) is 9.18 Å². The Morgan fingerprint density at radius 3 is 2.64 bits per heavy atom. The molecule has 2 unspecified atom stereocenters. The first-order valence-corrected chi connectivity index (χ1v) is 9.14. The molecule has 2 aromatic heterocycles. The smallest absolute Gasteiger partial charge is 0.449 e. The minimum atomic E-state index is -1.58. The lowest BCUT2D eigenvalue weighted by Crippen LogP contribution is -2.34. The van der Waals surface area contributed by atoms with Crippen molar-refractivity contribution in [3.8, 4) is 5.75 Å². The molecule has 0 spiro atoms. The second-order valence-corrected chi connectivity index (χ2v) is 7.42. The van der Waals surface area contributed by atoms with E-state index in [1.807, 2.05) is 4.90 Å². The number of hydrogen-bond acceptors (Lipinski definition) is 6. The van der Waals surface area contributed by atoms with Crippen molar-refractivity contribution in [1.29, 1.82) is 0 Å². The molecule has 2 aliphatic rings. The number of nitrogens with two attached hydrogens (primary N) is 1. The van der Waals surface area contributed by atoms with Gasteiger partial charge in [0.05, 0.1) is 29.5 Å². The molecule has 0 aromatic carbocycles. The van der Waals surface area contributed by atoms with Crippen molar-refractivity contribution in [3.63, 3.8) is 0 Å². The number of carbonyl (C=O) groups is 1. The topological polar surface area (TPSA) is 106 Å². The van der Waals surface area contributed by atoms with E-state index in [1.165, 1.54) is 6.07 Å². The van der Waals surface area contributed by atoms with Crippen LogP contribution in [-0.2, 0) is 4.74 Å². The van der Waals surface area contributed by atoms with Gasteiger partial charge in [-0.3, -0.25) is 9.20 Å². The molecule has 8 nitrogen and oxygen atoms in total. The molecular formula is C19H22FN3O5. The first kappa shape index (κ1) is 18.7. The Labute approximate surface area is 160 Å². The van der Waals surface area contributed by atoms with Gasteiger partial charge in [0.15, 0.2) is 11.6 Å². The molecule has 1 saturated carbocycles. The van der Waals surface area contributed by atoms with Crippen molar-refractivity contribution in [2.24, 2.45) is 5.73 Å². The van der Waals surface area contributed by atoms with E-state index in [1.54, 1.807) is 14.0 Å². The number of fused-ring (bicyclic) bond motifs is 1. The average Bonchev–Trinajstić information content (AvgIpc) is 3.40. The number of nitrogens with zero attached hydrogens (tertiary/aromatic N) is 2. The normalized spacial score (nSPS) is 22.1. The van der Waals surface area contributed by atoms with E-state index in [0.29, 0.717) is 29.9 Å². The monoisotopic (exact) mass is 391 g/mol. The Kier molecular flexibility index (Phi) is 4.51. The highest BCUT2D eigenvalue weighted by atomic mass is 19.1. The van der Waals surface area contributed by atoms with Crippen LogP contribution in [0, 0.1) is 12.7 Å². The zero-order valence-electron chi connectivity index (χ0n) is 15.6. The molecule has 28 heavy (non-hydrogen) atoms. The minimum Gasteiger partial charge on any atom is -0.449 e. The molecule has 0 amide bonds. The first-order chi connectivity index (χ1) is 13.3. The molecule has 4 rings (SSSR count). The summed E-state index contributed by atoms with van der Waals surface area (Å²) in [7, 11) is 1.58. The molecule has 3 N–H and O–H groups in total. The van der Waals surface area contributed by atoms with Gasteiger partial charge >= 0.3 is 6.16 Å². The van der Waals surface area contributed by atoms with E-state index in [0.717, 1.165) is 29.0 Å². The molecule has 1 aliphatic carbocycles. The number of carboxylic acid groups (broad SMARTS) is 1. The number of ether oxygens (including phenoxy) is 2. The summed E-state index contributed by atoms with van der Waals surface area (Å²) in [6.07, 6.45) is 1.17. The molecule has 1 aliphatic heterocycles. The maximum atomic E-state index is 15.1.